The molecule has 0 radical (unpaired) electrons. The van der Waals surface area contributed by atoms with E-state index in [-0.39, 0.29) is 29.2 Å². The van der Waals surface area contributed by atoms with Gasteiger partial charge < -0.3 is 20.0 Å². The van der Waals surface area contributed by atoms with E-state index in [1.165, 1.54) is 0 Å². The van der Waals surface area contributed by atoms with Crippen LogP contribution in [-0.4, -0.2) is 73.2 Å². The lowest BCUT2D eigenvalue weighted by atomic mass is 9.79. The van der Waals surface area contributed by atoms with Crippen LogP contribution in [0.5, 0.6) is 0 Å². The van der Waals surface area contributed by atoms with Crippen molar-refractivity contribution in [1.82, 2.24) is 9.80 Å². The number of likely N-dealkylation sites (N-methyl/N-ethyl adjacent to an activating group) is 1. The molecule has 0 spiro atoms. The maximum atomic E-state index is 16.0. The minimum absolute atomic E-state index is 0.138. The number of hydrogen-bond acceptors (Lipinski definition) is 5. The Labute approximate surface area is 273 Å². The second-order valence-electron chi connectivity index (χ2n) is 12.2. The van der Waals surface area contributed by atoms with E-state index in [2.05, 4.69) is 16.2 Å². The van der Waals surface area contributed by atoms with Gasteiger partial charge in [0.15, 0.2) is 0 Å². The first kappa shape index (κ1) is 31.9. The molecular weight excluding hydrogens is 598 g/mol. The number of carbonyl (C=O) groups excluding carboxylic acids is 3. The van der Waals surface area contributed by atoms with Gasteiger partial charge in [-0.05, 0) is 43.8 Å². The molecule has 3 aromatic rings. The van der Waals surface area contributed by atoms with Gasteiger partial charge in [0.2, 0.25) is 5.91 Å². The molecule has 3 aromatic carbocycles. The van der Waals surface area contributed by atoms with Crippen molar-refractivity contribution in [2.75, 3.05) is 50.0 Å². The molecule has 1 fully saturated rings. The van der Waals surface area contributed by atoms with Gasteiger partial charge in [0.05, 0.1) is 17.2 Å². The second kappa shape index (κ2) is 13.3. The van der Waals surface area contributed by atoms with Crippen LogP contribution in [0, 0.1) is 6.92 Å². The molecule has 1 atom stereocenters. The maximum Gasteiger partial charge on any atom is 0.275 e. The molecule has 9 heteroatoms. The molecule has 240 valence electrons. The SMILES string of the molecule is Cc1cccc(C2C(=C=O)C(N3CCC(F)(F)C(=CC(=O)N4CCN(C)CC4)c4ccccc43)=CC=C2C(=O)Nc2ccccc2)c1. The van der Waals surface area contributed by atoms with Crippen molar-refractivity contribution in [3.05, 3.63) is 131 Å². The van der Waals surface area contributed by atoms with E-state index in [4.69, 9.17) is 0 Å². The average Bonchev–Trinajstić information content (AvgIpc) is 3.18. The molecule has 2 amide bonds. The Kier molecular flexibility index (Phi) is 9.03. The Morgan fingerprint density at radius 1 is 0.915 bits per heavy atom. The predicted octanol–water partition coefficient (Wildman–Crippen LogP) is 6.00. The van der Waals surface area contributed by atoms with Gasteiger partial charge in [-0.15, -0.1) is 0 Å². The van der Waals surface area contributed by atoms with Gasteiger partial charge in [0.1, 0.15) is 5.94 Å². The molecule has 1 unspecified atom stereocenters. The molecule has 0 aromatic heterocycles. The average molecular weight is 635 g/mol. The van der Waals surface area contributed by atoms with Gasteiger partial charge in [-0.25, -0.2) is 13.6 Å². The quantitative estimate of drug-likeness (QED) is 0.275. The van der Waals surface area contributed by atoms with Crippen molar-refractivity contribution in [3.8, 4) is 0 Å². The lowest BCUT2D eigenvalue weighted by Crippen LogP contribution is -2.46. The number of nitrogens with one attached hydrogen (secondary N) is 1. The Morgan fingerprint density at radius 2 is 1.64 bits per heavy atom. The number of halogens is 2. The monoisotopic (exact) mass is 634 g/mol. The van der Waals surface area contributed by atoms with E-state index >= 15 is 8.78 Å². The molecule has 47 heavy (non-hydrogen) atoms. The highest BCUT2D eigenvalue weighted by Gasteiger charge is 2.43. The number of fused-ring (bicyclic) bond motifs is 1. The molecule has 7 nitrogen and oxygen atoms in total. The first-order valence-corrected chi connectivity index (χ1v) is 15.7. The first-order valence-electron chi connectivity index (χ1n) is 15.7. The lowest BCUT2D eigenvalue weighted by Gasteiger charge is -2.33. The van der Waals surface area contributed by atoms with Gasteiger partial charge in [-0.2, -0.15) is 0 Å². The summed E-state index contributed by atoms with van der Waals surface area (Å²) in [6.07, 6.45) is 3.78. The van der Waals surface area contributed by atoms with Crippen molar-refractivity contribution in [2.45, 2.75) is 25.2 Å². The number of allylic oxidation sites excluding steroid dienone is 4. The number of rotatable bonds is 5. The smallest absolute Gasteiger partial charge is 0.275 e. The molecule has 2 heterocycles. The van der Waals surface area contributed by atoms with E-state index in [1.54, 1.807) is 58.4 Å². The van der Waals surface area contributed by atoms with Crippen molar-refractivity contribution in [1.29, 1.82) is 0 Å². The largest absolute Gasteiger partial charge is 0.340 e. The third-order valence-corrected chi connectivity index (χ3v) is 8.98. The van der Waals surface area contributed by atoms with Crippen molar-refractivity contribution < 1.29 is 23.2 Å². The first-order chi connectivity index (χ1) is 22.7. The Balaban J connectivity index is 1.44. The third kappa shape index (κ3) is 6.59. The summed E-state index contributed by atoms with van der Waals surface area (Å²) in [6.45, 7) is 4.06. The van der Waals surface area contributed by atoms with Crippen LogP contribution >= 0.6 is 0 Å². The van der Waals surface area contributed by atoms with Gasteiger partial charge >= 0.3 is 0 Å². The number of alkyl halides is 2. The summed E-state index contributed by atoms with van der Waals surface area (Å²) >= 11 is 0. The second-order valence-corrected chi connectivity index (χ2v) is 12.2. The summed E-state index contributed by atoms with van der Waals surface area (Å²) in [4.78, 5) is 45.3. The highest BCUT2D eigenvalue weighted by molar-refractivity contribution is 6.07. The minimum Gasteiger partial charge on any atom is -0.340 e. The van der Waals surface area contributed by atoms with Gasteiger partial charge in [0, 0.05) is 73.3 Å². The van der Waals surface area contributed by atoms with Gasteiger partial charge in [-0.3, -0.25) is 9.59 Å². The number of benzene rings is 3. The molecule has 1 saturated heterocycles. The van der Waals surface area contributed by atoms with Crippen molar-refractivity contribution in [2.24, 2.45) is 0 Å². The van der Waals surface area contributed by atoms with Crippen LogP contribution in [0.15, 0.2) is 114 Å². The van der Waals surface area contributed by atoms with Gasteiger partial charge in [0.25, 0.3) is 11.8 Å². The van der Waals surface area contributed by atoms with Gasteiger partial charge in [-0.1, -0.05) is 72.3 Å². The number of carbonyl (C=O) groups is 2. The van der Waals surface area contributed by atoms with E-state index in [0.29, 0.717) is 54.4 Å². The summed E-state index contributed by atoms with van der Waals surface area (Å²) in [7, 11) is 1.96. The van der Waals surface area contributed by atoms with Crippen LogP contribution in [-0.2, 0) is 14.4 Å². The van der Waals surface area contributed by atoms with E-state index in [9.17, 15) is 14.4 Å². The number of hydrogen-bond donors (Lipinski definition) is 1. The Hall–Kier alpha value is -5.11. The topological polar surface area (TPSA) is 73.0 Å². The van der Waals surface area contributed by atoms with Crippen molar-refractivity contribution in [3.63, 3.8) is 0 Å². The summed E-state index contributed by atoms with van der Waals surface area (Å²) in [5.74, 6) is -2.86. The maximum absolute atomic E-state index is 16.0. The van der Waals surface area contributed by atoms with E-state index in [1.807, 2.05) is 56.4 Å². The van der Waals surface area contributed by atoms with Crippen LogP contribution in [0.25, 0.3) is 5.57 Å². The van der Waals surface area contributed by atoms with Crippen LogP contribution in [0.4, 0.5) is 20.2 Å². The Bertz CT molecular complexity index is 1830. The zero-order chi connectivity index (χ0) is 33.1. The Morgan fingerprint density at radius 3 is 2.36 bits per heavy atom. The van der Waals surface area contributed by atoms with Crippen LogP contribution in [0.1, 0.15) is 29.0 Å². The number of amides is 2. The summed E-state index contributed by atoms with van der Waals surface area (Å²) < 4.78 is 32.1. The molecular formula is C38H36F2N4O3. The number of nitrogens with zero attached hydrogens (tertiary/aromatic N) is 3. The molecule has 1 aliphatic carbocycles. The third-order valence-electron chi connectivity index (χ3n) is 8.98. The standard InChI is InChI=1S/C38H36F2N4O3/c1-26-9-8-10-27(23-26)36-30(37(47)41-28-11-4-3-5-12-28)15-16-34(31(36)25-45)44-18-17-38(39,40)32(29-13-6-7-14-33(29)44)24-35(46)43-21-19-42(2)20-22-43/h3-16,23-24,36H,17-22H2,1-2H3,(H,41,47). The van der Waals surface area contributed by atoms with Crippen molar-refractivity contribution >= 4 is 34.7 Å². The molecule has 1 N–H and O–H groups in total. The van der Waals surface area contributed by atoms with E-state index < -0.39 is 24.2 Å². The van der Waals surface area contributed by atoms with E-state index in [0.717, 1.165) is 11.6 Å². The predicted molar refractivity (Wildman–Crippen MR) is 180 cm³/mol. The molecule has 0 saturated carbocycles. The van der Waals surface area contributed by atoms with Crippen LogP contribution < -0.4 is 10.2 Å². The van der Waals surface area contributed by atoms with Crippen LogP contribution in [0.3, 0.4) is 0 Å². The summed E-state index contributed by atoms with van der Waals surface area (Å²) in [5.41, 5.74) is 3.41. The molecule has 6 rings (SSSR count). The highest BCUT2D eigenvalue weighted by Crippen LogP contribution is 2.47. The highest BCUT2D eigenvalue weighted by atomic mass is 19.3. The zero-order valence-corrected chi connectivity index (χ0v) is 26.4. The number of anilines is 2. The summed E-state index contributed by atoms with van der Waals surface area (Å²) in [5, 5.41) is 2.92. The fraction of sp³-hybridized carbons (Fsp3) is 0.263. The summed E-state index contributed by atoms with van der Waals surface area (Å²) in [6, 6.07) is 23.3. The molecule has 0 bridgehead atoms. The molecule has 3 aliphatic rings. The minimum atomic E-state index is -3.32. The normalized spacial score (nSPS) is 20.5. The number of para-hydroxylation sites is 2. The molecule has 2 aliphatic heterocycles. The number of piperazine rings is 1. The fourth-order valence-electron chi connectivity index (χ4n) is 6.45. The fourth-order valence-corrected chi connectivity index (χ4v) is 6.45. The zero-order valence-electron chi connectivity index (χ0n) is 26.4. The van der Waals surface area contributed by atoms with Crippen LogP contribution in [0.2, 0.25) is 0 Å². The number of aryl methyl sites for hydroxylation is 1. The lowest BCUT2D eigenvalue weighted by molar-refractivity contribution is -0.127.